The molecule has 0 aromatic carbocycles. The largest absolute Gasteiger partial charge is 0.382 e. The van der Waals surface area contributed by atoms with Crippen LogP contribution < -0.4 is 0 Å². The quantitative estimate of drug-likeness (QED) is 0.513. The van der Waals surface area contributed by atoms with Gasteiger partial charge in [0.1, 0.15) is 0 Å². The molecule has 15 heavy (non-hydrogen) atoms. The van der Waals surface area contributed by atoms with Crippen LogP contribution in [0.2, 0.25) is 0 Å². The first-order valence-corrected chi connectivity index (χ1v) is 5.60. The first-order chi connectivity index (χ1) is 7.26. The van der Waals surface area contributed by atoms with Crippen molar-refractivity contribution in [1.82, 2.24) is 4.90 Å². The molecular weight excluding hydrogens is 194 g/mol. The first-order valence-electron chi connectivity index (χ1n) is 5.60. The maximum atomic E-state index is 5.51. The molecule has 0 heterocycles. The second kappa shape index (κ2) is 10.4. The van der Waals surface area contributed by atoms with Crippen LogP contribution >= 0.6 is 0 Å². The number of hydrogen-bond donors (Lipinski definition) is 0. The fraction of sp³-hybridized carbons (Fsp3) is 1.00. The lowest BCUT2D eigenvalue weighted by molar-refractivity contribution is 0.00366. The van der Waals surface area contributed by atoms with Crippen molar-refractivity contribution in [2.45, 2.75) is 19.9 Å². The number of nitrogens with zero attached hydrogens (tertiary/aromatic N) is 1. The lowest BCUT2D eigenvalue weighted by Crippen LogP contribution is -2.39. The van der Waals surface area contributed by atoms with Gasteiger partial charge in [-0.1, -0.05) is 6.92 Å². The Balaban J connectivity index is 3.69. The van der Waals surface area contributed by atoms with Crippen LogP contribution in [-0.4, -0.2) is 64.7 Å². The minimum atomic E-state index is 0.340. The summed E-state index contributed by atoms with van der Waals surface area (Å²) in [6, 6.07) is 0.340. The molecule has 0 aliphatic rings. The summed E-state index contributed by atoms with van der Waals surface area (Å²) in [5.41, 5.74) is 0. The van der Waals surface area contributed by atoms with E-state index in [1.54, 1.807) is 7.11 Å². The molecule has 0 spiro atoms. The number of hydrogen-bond acceptors (Lipinski definition) is 4. The van der Waals surface area contributed by atoms with Crippen molar-refractivity contribution in [3.8, 4) is 0 Å². The highest BCUT2D eigenvalue weighted by Gasteiger charge is 2.13. The van der Waals surface area contributed by atoms with Gasteiger partial charge in [0, 0.05) is 13.7 Å². The van der Waals surface area contributed by atoms with Crippen LogP contribution in [0.4, 0.5) is 0 Å². The Morgan fingerprint density at radius 3 is 2.27 bits per heavy atom. The van der Waals surface area contributed by atoms with E-state index in [2.05, 4.69) is 18.9 Å². The van der Waals surface area contributed by atoms with Crippen molar-refractivity contribution >= 4 is 0 Å². The third-order valence-electron chi connectivity index (χ3n) is 2.38. The van der Waals surface area contributed by atoms with Crippen molar-refractivity contribution in [3.63, 3.8) is 0 Å². The predicted octanol–water partition coefficient (Wildman–Crippen LogP) is 1.01. The molecule has 4 heteroatoms. The van der Waals surface area contributed by atoms with Gasteiger partial charge in [-0.25, -0.2) is 0 Å². The number of likely N-dealkylation sites (N-methyl/N-ethyl adjacent to an activating group) is 1. The van der Waals surface area contributed by atoms with E-state index in [4.69, 9.17) is 14.2 Å². The zero-order valence-electron chi connectivity index (χ0n) is 10.5. The van der Waals surface area contributed by atoms with E-state index in [-0.39, 0.29) is 0 Å². The van der Waals surface area contributed by atoms with E-state index in [1.807, 2.05) is 6.92 Å². The van der Waals surface area contributed by atoms with E-state index in [1.165, 1.54) is 0 Å². The first kappa shape index (κ1) is 14.8. The Hall–Kier alpha value is -0.160. The second-order valence-corrected chi connectivity index (χ2v) is 3.45. The van der Waals surface area contributed by atoms with E-state index in [0.717, 1.165) is 19.8 Å². The molecule has 0 radical (unpaired) electrons. The van der Waals surface area contributed by atoms with E-state index in [0.29, 0.717) is 25.9 Å². The van der Waals surface area contributed by atoms with E-state index < -0.39 is 0 Å². The highest BCUT2D eigenvalue weighted by atomic mass is 16.5. The van der Waals surface area contributed by atoms with Crippen LogP contribution in [0.1, 0.15) is 13.8 Å². The molecule has 0 rings (SSSR count). The maximum absolute atomic E-state index is 5.51. The Morgan fingerprint density at radius 2 is 1.73 bits per heavy atom. The predicted molar refractivity (Wildman–Crippen MR) is 61.3 cm³/mol. The molecule has 0 saturated heterocycles. The lowest BCUT2D eigenvalue weighted by Gasteiger charge is -2.26. The zero-order chi connectivity index (χ0) is 11.5. The molecule has 0 amide bonds. The third kappa shape index (κ3) is 7.73. The molecule has 92 valence electrons. The second-order valence-electron chi connectivity index (χ2n) is 3.45. The smallest absolute Gasteiger partial charge is 0.0701 e. The average Bonchev–Trinajstić information content (AvgIpc) is 2.27. The summed E-state index contributed by atoms with van der Waals surface area (Å²) in [5, 5.41) is 0. The van der Waals surface area contributed by atoms with Gasteiger partial charge < -0.3 is 14.2 Å². The highest BCUT2D eigenvalue weighted by molar-refractivity contribution is 4.66. The van der Waals surface area contributed by atoms with Crippen molar-refractivity contribution < 1.29 is 14.2 Å². The minimum Gasteiger partial charge on any atom is -0.382 e. The van der Waals surface area contributed by atoms with Gasteiger partial charge in [-0.05, 0) is 20.5 Å². The zero-order valence-corrected chi connectivity index (χ0v) is 10.5. The number of methoxy groups -OCH3 is 1. The molecule has 0 bridgehead atoms. The van der Waals surface area contributed by atoms with Gasteiger partial charge >= 0.3 is 0 Å². The summed E-state index contributed by atoms with van der Waals surface area (Å²) < 4.78 is 15.9. The number of rotatable bonds is 10. The molecular formula is C11H25NO3. The molecule has 0 aromatic rings. The minimum absolute atomic E-state index is 0.340. The van der Waals surface area contributed by atoms with E-state index in [9.17, 15) is 0 Å². The van der Waals surface area contributed by atoms with Crippen LogP contribution in [0.3, 0.4) is 0 Å². The molecule has 0 aliphatic carbocycles. The van der Waals surface area contributed by atoms with Crippen molar-refractivity contribution in [2.75, 3.05) is 53.7 Å². The Morgan fingerprint density at radius 1 is 1.07 bits per heavy atom. The van der Waals surface area contributed by atoms with Gasteiger partial charge in [0.25, 0.3) is 0 Å². The number of ether oxygens (including phenoxy) is 3. The summed E-state index contributed by atoms with van der Waals surface area (Å²) in [6.07, 6.45) is 0. The highest BCUT2D eigenvalue weighted by Crippen LogP contribution is 1.98. The van der Waals surface area contributed by atoms with Crippen molar-refractivity contribution in [2.24, 2.45) is 0 Å². The van der Waals surface area contributed by atoms with Crippen LogP contribution in [0.15, 0.2) is 0 Å². The third-order valence-corrected chi connectivity index (χ3v) is 2.38. The Bertz CT molecular complexity index is 133. The van der Waals surface area contributed by atoms with Crippen LogP contribution in [0.25, 0.3) is 0 Å². The van der Waals surface area contributed by atoms with Gasteiger partial charge in [0.15, 0.2) is 0 Å². The summed E-state index contributed by atoms with van der Waals surface area (Å²) in [5.74, 6) is 0. The van der Waals surface area contributed by atoms with Gasteiger partial charge in [0.2, 0.25) is 0 Å². The maximum Gasteiger partial charge on any atom is 0.0701 e. The fourth-order valence-electron chi connectivity index (χ4n) is 1.18. The Labute approximate surface area is 93.5 Å². The summed E-state index contributed by atoms with van der Waals surface area (Å²) >= 11 is 0. The molecule has 1 unspecified atom stereocenters. The normalized spacial score (nSPS) is 13.4. The molecule has 1 atom stereocenters. The molecule has 0 fully saturated rings. The topological polar surface area (TPSA) is 30.9 Å². The SMILES string of the molecule is CCOCC(COCCOC)N(C)CC. The van der Waals surface area contributed by atoms with Gasteiger partial charge in [-0.2, -0.15) is 0 Å². The standard InChI is InChI=1S/C11H25NO3/c1-5-12(3)11(9-14-6-2)10-15-8-7-13-4/h11H,5-10H2,1-4H3. The van der Waals surface area contributed by atoms with Gasteiger partial charge in [-0.3, -0.25) is 4.90 Å². The van der Waals surface area contributed by atoms with Gasteiger partial charge in [-0.15, -0.1) is 0 Å². The van der Waals surface area contributed by atoms with Crippen LogP contribution in [0.5, 0.6) is 0 Å². The monoisotopic (exact) mass is 219 g/mol. The van der Waals surface area contributed by atoms with E-state index >= 15 is 0 Å². The van der Waals surface area contributed by atoms with Gasteiger partial charge in [0.05, 0.1) is 32.5 Å². The summed E-state index contributed by atoms with van der Waals surface area (Å²) in [6.45, 7) is 8.63. The average molecular weight is 219 g/mol. The molecule has 0 aromatic heterocycles. The van der Waals surface area contributed by atoms with Crippen LogP contribution in [0, 0.1) is 0 Å². The molecule has 0 saturated carbocycles. The molecule has 0 N–H and O–H groups in total. The van der Waals surface area contributed by atoms with Crippen molar-refractivity contribution in [1.29, 1.82) is 0 Å². The Kier molecular flexibility index (Phi) is 10.3. The molecule has 0 aliphatic heterocycles. The fourth-order valence-corrected chi connectivity index (χ4v) is 1.18. The summed E-state index contributed by atoms with van der Waals surface area (Å²) in [4.78, 5) is 2.24. The molecule has 4 nitrogen and oxygen atoms in total. The summed E-state index contributed by atoms with van der Waals surface area (Å²) in [7, 11) is 3.77. The van der Waals surface area contributed by atoms with Crippen molar-refractivity contribution in [3.05, 3.63) is 0 Å². The van der Waals surface area contributed by atoms with Crippen LogP contribution in [-0.2, 0) is 14.2 Å². The lowest BCUT2D eigenvalue weighted by atomic mass is 10.3.